The van der Waals surface area contributed by atoms with Crippen LogP contribution in [-0.4, -0.2) is 55.6 Å². The van der Waals surface area contributed by atoms with Gasteiger partial charge in [0.05, 0.1) is 11.9 Å². The summed E-state index contributed by atoms with van der Waals surface area (Å²) in [4.78, 5) is 51.4. The molecule has 7 rings (SSSR count). The highest BCUT2D eigenvalue weighted by molar-refractivity contribution is 6.05. The molecule has 36 heavy (non-hydrogen) atoms. The molecular weight excluding hydrogens is 460 g/mol. The molecule has 6 unspecified atom stereocenters. The molecule has 2 aliphatic heterocycles. The highest BCUT2D eigenvalue weighted by Crippen LogP contribution is 2.58. The summed E-state index contributed by atoms with van der Waals surface area (Å²) in [5.41, 5.74) is 2.19. The lowest BCUT2D eigenvalue weighted by molar-refractivity contribution is -0.136. The summed E-state index contributed by atoms with van der Waals surface area (Å²) >= 11 is 0. The van der Waals surface area contributed by atoms with Crippen molar-refractivity contribution in [3.05, 3.63) is 41.2 Å². The Morgan fingerprint density at radius 2 is 1.92 bits per heavy atom. The second-order valence-corrected chi connectivity index (χ2v) is 11.0. The lowest BCUT2D eigenvalue weighted by Crippen LogP contribution is -2.52. The minimum Gasteiger partial charge on any atom is -0.348 e. The zero-order chi connectivity index (χ0) is 24.6. The maximum Gasteiger partial charge on any atom is 0.273 e. The van der Waals surface area contributed by atoms with Gasteiger partial charge in [-0.25, -0.2) is 4.68 Å². The van der Waals surface area contributed by atoms with Crippen LogP contribution in [0.25, 0.3) is 5.69 Å². The maximum atomic E-state index is 13.1. The molecule has 0 radical (unpaired) electrons. The number of hydrogen-bond acceptors (Lipinski definition) is 6. The van der Waals surface area contributed by atoms with Crippen LogP contribution in [0.5, 0.6) is 0 Å². The van der Waals surface area contributed by atoms with E-state index in [1.165, 1.54) is 35.3 Å². The Hall–Kier alpha value is -3.56. The van der Waals surface area contributed by atoms with Crippen LogP contribution in [0.2, 0.25) is 0 Å². The number of rotatable bonds is 4. The van der Waals surface area contributed by atoms with E-state index in [4.69, 9.17) is 0 Å². The second-order valence-electron chi connectivity index (χ2n) is 11.0. The van der Waals surface area contributed by atoms with Crippen molar-refractivity contribution in [3.63, 3.8) is 0 Å². The van der Waals surface area contributed by atoms with E-state index in [1.807, 2.05) is 12.1 Å². The third kappa shape index (κ3) is 3.30. The van der Waals surface area contributed by atoms with E-state index in [9.17, 15) is 19.2 Å². The van der Waals surface area contributed by atoms with Gasteiger partial charge < -0.3 is 10.2 Å². The van der Waals surface area contributed by atoms with E-state index in [1.54, 1.807) is 12.3 Å². The van der Waals surface area contributed by atoms with Crippen LogP contribution in [-0.2, 0) is 16.1 Å². The van der Waals surface area contributed by atoms with Gasteiger partial charge in [-0.3, -0.25) is 24.5 Å². The number of amides is 4. The quantitative estimate of drug-likeness (QED) is 0.630. The first-order chi connectivity index (χ1) is 17.5. The summed E-state index contributed by atoms with van der Waals surface area (Å²) < 4.78 is 1.50. The van der Waals surface area contributed by atoms with Gasteiger partial charge in [0.2, 0.25) is 11.8 Å². The van der Waals surface area contributed by atoms with Crippen molar-refractivity contribution in [2.75, 3.05) is 0 Å². The van der Waals surface area contributed by atoms with E-state index in [0.717, 1.165) is 29.7 Å². The van der Waals surface area contributed by atoms with Crippen LogP contribution in [0.15, 0.2) is 24.4 Å². The van der Waals surface area contributed by atoms with Crippen LogP contribution >= 0.6 is 0 Å². The first-order valence-electron chi connectivity index (χ1n) is 13.0. The van der Waals surface area contributed by atoms with E-state index >= 15 is 0 Å². The fourth-order valence-corrected chi connectivity index (χ4v) is 7.66. The van der Waals surface area contributed by atoms with Gasteiger partial charge in [-0.1, -0.05) is 17.7 Å². The third-order valence-corrected chi connectivity index (χ3v) is 9.25. The van der Waals surface area contributed by atoms with Crippen LogP contribution in [0, 0.1) is 23.7 Å². The number of benzene rings is 1. The Morgan fingerprint density at radius 3 is 2.78 bits per heavy atom. The van der Waals surface area contributed by atoms with Crippen molar-refractivity contribution in [1.29, 1.82) is 0 Å². The van der Waals surface area contributed by atoms with Gasteiger partial charge in [0.15, 0.2) is 5.69 Å². The van der Waals surface area contributed by atoms with E-state index in [2.05, 4.69) is 20.9 Å². The Labute approximate surface area is 207 Å². The van der Waals surface area contributed by atoms with Crippen molar-refractivity contribution < 1.29 is 19.2 Å². The van der Waals surface area contributed by atoms with Gasteiger partial charge in [0.25, 0.3) is 11.8 Å². The predicted molar refractivity (Wildman–Crippen MR) is 126 cm³/mol. The highest BCUT2D eigenvalue weighted by Gasteiger charge is 2.54. The molecule has 186 valence electrons. The van der Waals surface area contributed by atoms with Gasteiger partial charge >= 0.3 is 0 Å². The molecule has 4 fully saturated rings. The molecule has 1 saturated heterocycles. The Morgan fingerprint density at radius 1 is 1.06 bits per heavy atom. The third-order valence-electron chi connectivity index (χ3n) is 9.25. The van der Waals surface area contributed by atoms with Crippen molar-refractivity contribution in [3.8, 4) is 5.69 Å². The summed E-state index contributed by atoms with van der Waals surface area (Å²) in [6, 6.07) is 4.95. The lowest BCUT2D eigenvalue weighted by atomic mass is 9.79. The van der Waals surface area contributed by atoms with Crippen LogP contribution in [0.1, 0.15) is 71.4 Å². The Balaban J connectivity index is 1.05. The molecule has 2 bridgehead atoms. The van der Waals surface area contributed by atoms with Gasteiger partial charge in [-0.05, 0) is 73.5 Å². The molecule has 10 heteroatoms. The SMILES string of the molecule is O=C1CCC(N2Cc3ccc(-n4cc(C(=O)NC5CC6CC5C5CCCC65)nn4)cc3C2=O)C(=O)N1. The fourth-order valence-electron chi connectivity index (χ4n) is 7.66. The number of nitrogens with zero attached hydrogens (tertiary/aromatic N) is 4. The largest absolute Gasteiger partial charge is 0.348 e. The average Bonchev–Trinajstić information content (AvgIpc) is 3.67. The number of carbonyl (C=O) groups is 4. The summed E-state index contributed by atoms with van der Waals surface area (Å²) in [6.07, 6.45) is 8.43. The van der Waals surface area contributed by atoms with E-state index < -0.39 is 11.9 Å². The molecule has 3 saturated carbocycles. The predicted octanol–water partition coefficient (Wildman–Crippen LogP) is 1.58. The number of nitrogens with one attached hydrogen (secondary N) is 2. The highest BCUT2D eigenvalue weighted by atomic mass is 16.2. The summed E-state index contributed by atoms with van der Waals surface area (Å²) in [5, 5.41) is 13.8. The molecule has 3 heterocycles. The molecule has 3 aliphatic carbocycles. The smallest absolute Gasteiger partial charge is 0.273 e. The van der Waals surface area contributed by atoms with Crippen LogP contribution < -0.4 is 10.6 Å². The molecule has 4 amide bonds. The molecular formula is C26H28N6O4. The van der Waals surface area contributed by atoms with Gasteiger partial charge in [0, 0.05) is 24.6 Å². The minimum absolute atomic E-state index is 0.199. The number of aromatic nitrogens is 3. The Bertz CT molecular complexity index is 1300. The normalized spacial score (nSPS) is 32.6. The standard InChI is InChI=1S/C26H28N6O4/c33-23-7-6-22(25(35)28-23)31-11-13-4-5-15(10-18(13)26(31)36)32-12-21(29-30-32)24(34)27-20-9-14-8-19(20)17-3-1-2-16(14)17/h4-5,10,12,14,16-17,19-20,22H,1-3,6-9,11H2,(H,27,34)(H,28,33,35). The fraction of sp³-hybridized carbons (Fsp3) is 0.538. The summed E-state index contributed by atoms with van der Waals surface area (Å²) in [5.74, 6) is 1.81. The van der Waals surface area contributed by atoms with Crippen molar-refractivity contribution in [2.45, 2.75) is 63.6 Å². The maximum absolute atomic E-state index is 13.1. The first kappa shape index (κ1) is 21.7. The molecule has 0 spiro atoms. The molecule has 1 aromatic carbocycles. The minimum atomic E-state index is -0.655. The number of hydrogen-bond donors (Lipinski definition) is 2. The van der Waals surface area contributed by atoms with Gasteiger partial charge in [-0.2, -0.15) is 0 Å². The molecule has 5 aliphatic rings. The average molecular weight is 489 g/mol. The van der Waals surface area contributed by atoms with Gasteiger partial charge in [0.1, 0.15) is 6.04 Å². The number of piperidine rings is 1. The van der Waals surface area contributed by atoms with Crippen molar-refractivity contribution in [2.24, 2.45) is 23.7 Å². The number of carbonyl (C=O) groups excluding carboxylic acids is 4. The first-order valence-corrected chi connectivity index (χ1v) is 13.0. The van der Waals surface area contributed by atoms with E-state index in [0.29, 0.717) is 30.1 Å². The van der Waals surface area contributed by atoms with Crippen LogP contribution in [0.3, 0.4) is 0 Å². The van der Waals surface area contributed by atoms with E-state index in [-0.39, 0.29) is 35.9 Å². The Kier molecular flexibility index (Phi) is 4.81. The molecule has 2 N–H and O–H groups in total. The topological polar surface area (TPSA) is 126 Å². The monoisotopic (exact) mass is 488 g/mol. The number of imide groups is 1. The molecule has 10 nitrogen and oxygen atoms in total. The molecule has 2 aromatic rings. The van der Waals surface area contributed by atoms with Crippen LogP contribution in [0.4, 0.5) is 0 Å². The summed E-state index contributed by atoms with van der Waals surface area (Å²) in [7, 11) is 0. The zero-order valence-corrected chi connectivity index (χ0v) is 19.9. The lowest BCUT2D eigenvalue weighted by Gasteiger charge is -2.31. The van der Waals surface area contributed by atoms with Crippen molar-refractivity contribution in [1.82, 2.24) is 30.5 Å². The second kappa shape index (κ2) is 7.97. The molecule has 6 atom stereocenters. The molecule has 1 aromatic heterocycles. The number of fused-ring (bicyclic) bond motifs is 6. The van der Waals surface area contributed by atoms with Gasteiger partial charge in [-0.15, -0.1) is 5.10 Å². The zero-order valence-electron chi connectivity index (χ0n) is 19.9. The summed E-state index contributed by atoms with van der Waals surface area (Å²) in [6.45, 7) is 0.317. The van der Waals surface area contributed by atoms with Crippen molar-refractivity contribution >= 4 is 23.6 Å².